The van der Waals surface area contributed by atoms with Crippen LogP contribution in [0.15, 0.2) is 17.0 Å². The van der Waals surface area contributed by atoms with Gasteiger partial charge in [0.1, 0.15) is 0 Å². The molecule has 0 aromatic heterocycles. The van der Waals surface area contributed by atoms with Gasteiger partial charge < -0.3 is 5.32 Å². The molecule has 0 aliphatic heterocycles. The lowest BCUT2D eigenvalue weighted by Crippen LogP contribution is -2.28. The molecule has 0 fully saturated rings. The van der Waals surface area contributed by atoms with Crippen LogP contribution in [-0.4, -0.2) is 20.9 Å². The van der Waals surface area contributed by atoms with Gasteiger partial charge in [-0.2, -0.15) is 0 Å². The summed E-state index contributed by atoms with van der Waals surface area (Å²) in [4.78, 5) is 11.0. The lowest BCUT2D eigenvalue weighted by molar-refractivity contribution is 0.0943. The molecule has 8 heteroatoms. The number of benzene rings is 1. The lowest BCUT2D eigenvalue weighted by atomic mass is 10.1. The van der Waals surface area contributed by atoms with Crippen molar-refractivity contribution < 1.29 is 22.0 Å². The average molecular weight is 292 g/mol. The topological polar surface area (TPSA) is 89.3 Å². The molecule has 1 amide bonds. The summed E-state index contributed by atoms with van der Waals surface area (Å²) in [6.07, 6.45) is 0. The minimum Gasteiger partial charge on any atom is -0.352 e. The zero-order chi connectivity index (χ0) is 14.8. The number of nitrogens with one attached hydrogen (secondary N) is 1. The summed E-state index contributed by atoms with van der Waals surface area (Å²) in [5, 5.41) is 7.18. The van der Waals surface area contributed by atoms with Gasteiger partial charge in [-0.05, 0) is 18.1 Å². The zero-order valence-electron chi connectivity index (χ0n) is 10.4. The molecule has 0 radical (unpaired) electrons. The number of carbonyl (C=O) groups excluding carboxylic acids is 1. The molecule has 0 heterocycles. The van der Waals surface area contributed by atoms with Crippen molar-refractivity contribution in [3.05, 3.63) is 29.3 Å². The van der Waals surface area contributed by atoms with Gasteiger partial charge in [0.15, 0.2) is 11.6 Å². The number of nitrogens with two attached hydrogens (primary N) is 1. The van der Waals surface area contributed by atoms with E-state index in [4.69, 9.17) is 5.14 Å². The predicted octanol–water partition coefficient (Wildman–Crippen LogP) is 0.998. The first-order chi connectivity index (χ1) is 8.62. The molecular formula is C11H14F2N2O3S. The third-order valence-corrected chi connectivity index (χ3v) is 3.14. The first-order valence-corrected chi connectivity index (χ1v) is 6.97. The summed E-state index contributed by atoms with van der Waals surface area (Å²) in [6, 6.07) is 1.15. The van der Waals surface area contributed by atoms with E-state index in [2.05, 4.69) is 5.32 Å². The third kappa shape index (κ3) is 3.97. The summed E-state index contributed by atoms with van der Waals surface area (Å²) in [5.74, 6) is -3.64. The Bertz CT molecular complexity index is 600. The van der Waals surface area contributed by atoms with Gasteiger partial charge >= 0.3 is 0 Å². The van der Waals surface area contributed by atoms with Crippen molar-refractivity contribution in [3.8, 4) is 0 Å². The maximum absolute atomic E-state index is 13.5. The van der Waals surface area contributed by atoms with Crippen LogP contribution in [0.2, 0.25) is 0 Å². The fraction of sp³-hybridized carbons (Fsp3) is 0.364. The van der Waals surface area contributed by atoms with E-state index in [9.17, 15) is 22.0 Å². The third-order valence-electron chi connectivity index (χ3n) is 2.25. The highest BCUT2D eigenvalue weighted by Crippen LogP contribution is 2.18. The van der Waals surface area contributed by atoms with Gasteiger partial charge in [-0.15, -0.1) is 0 Å². The molecule has 0 aliphatic carbocycles. The largest absolute Gasteiger partial charge is 0.352 e. The van der Waals surface area contributed by atoms with Crippen LogP contribution in [0.5, 0.6) is 0 Å². The highest BCUT2D eigenvalue weighted by Gasteiger charge is 2.21. The van der Waals surface area contributed by atoms with Crippen LogP contribution in [0.4, 0.5) is 8.78 Å². The fourth-order valence-corrected chi connectivity index (χ4v) is 1.84. The number of amides is 1. The van der Waals surface area contributed by atoms with Gasteiger partial charge in [-0.25, -0.2) is 22.3 Å². The Morgan fingerprint density at radius 2 is 1.95 bits per heavy atom. The maximum Gasteiger partial charge on any atom is 0.254 e. The van der Waals surface area contributed by atoms with Crippen LogP contribution in [0.1, 0.15) is 24.2 Å². The molecular weight excluding hydrogens is 278 g/mol. The summed E-state index contributed by atoms with van der Waals surface area (Å²) < 4.78 is 48.9. The Labute approximate surface area is 109 Å². The molecule has 0 unspecified atom stereocenters. The second kappa shape index (κ2) is 5.62. The van der Waals surface area contributed by atoms with Gasteiger partial charge in [0.25, 0.3) is 5.91 Å². The van der Waals surface area contributed by atoms with Gasteiger partial charge in [-0.3, -0.25) is 4.79 Å². The second-order valence-corrected chi connectivity index (χ2v) is 5.98. The van der Waals surface area contributed by atoms with Gasteiger partial charge in [-0.1, -0.05) is 13.8 Å². The normalized spacial score (nSPS) is 11.7. The number of rotatable bonds is 4. The first-order valence-electron chi connectivity index (χ1n) is 5.43. The number of hydrogen-bond acceptors (Lipinski definition) is 3. The predicted molar refractivity (Wildman–Crippen MR) is 64.9 cm³/mol. The Morgan fingerprint density at radius 3 is 2.42 bits per heavy atom. The highest BCUT2D eigenvalue weighted by molar-refractivity contribution is 7.89. The minimum atomic E-state index is -4.22. The molecule has 1 rings (SSSR count). The smallest absolute Gasteiger partial charge is 0.254 e. The van der Waals surface area contributed by atoms with Crippen LogP contribution in [0.3, 0.4) is 0 Å². The molecule has 5 nitrogen and oxygen atoms in total. The standard InChI is InChI=1S/C11H14F2N2O3S/c1-6(2)5-15-11(16)8-3-7(19(14,17)18)4-9(12)10(8)13/h3-4,6H,5H2,1-2H3,(H,15,16)(H2,14,17,18). The second-order valence-electron chi connectivity index (χ2n) is 4.42. The SMILES string of the molecule is CC(C)CNC(=O)c1cc(S(N)(=O)=O)cc(F)c1F. The molecule has 0 aliphatic rings. The zero-order valence-corrected chi connectivity index (χ0v) is 11.2. The summed E-state index contributed by atoms with van der Waals surface area (Å²) in [6.45, 7) is 3.88. The van der Waals surface area contributed by atoms with Gasteiger partial charge in [0.05, 0.1) is 10.5 Å². The Morgan fingerprint density at radius 1 is 1.37 bits per heavy atom. The van der Waals surface area contributed by atoms with Crippen molar-refractivity contribution in [2.75, 3.05) is 6.54 Å². The van der Waals surface area contributed by atoms with Crippen molar-refractivity contribution >= 4 is 15.9 Å². The van der Waals surface area contributed by atoms with Crippen LogP contribution in [0, 0.1) is 17.6 Å². The minimum absolute atomic E-state index is 0.110. The number of primary sulfonamides is 1. The van der Waals surface area contributed by atoms with E-state index >= 15 is 0 Å². The monoisotopic (exact) mass is 292 g/mol. The molecule has 19 heavy (non-hydrogen) atoms. The van der Waals surface area contributed by atoms with Crippen molar-refractivity contribution in [2.24, 2.45) is 11.1 Å². The molecule has 1 aromatic rings. The molecule has 0 spiro atoms. The number of sulfonamides is 1. The average Bonchev–Trinajstić information content (AvgIpc) is 2.27. The van der Waals surface area contributed by atoms with E-state index in [1.165, 1.54) is 0 Å². The Hall–Kier alpha value is -1.54. The Balaban J connectivity index is 3.20. The number of halogens is 2. The lowest BCUT2D eigenvalue weighted by Gasteiger charge is -2.09. The summed E-state index contributed by atoms with van der Waals surface area (Å²) in [7, 11) is -4.22. The van der Waals surface area contributed by atoms with Crippen LogP contribution in [0.25, 0.3) is 0 Å². The molecule has 0 atom stereocenters. The highest BCUT2D eigenvalue weighted by atomic mass is 32.2. The first kappa shape index (κ1) is 15.5. The van der Waals surface area contributed by atoms with Crippen molar-refractivity contribution in [2.45, 2.75) is 18.7 Å². The van der Waals surface area contributed by atoms with E-state index in [1.807, 2.05) is 13.8 Å². The molecule has 1 aromatic carbocycles. The van der Waals surface area contributed by atoms with E-state index in [-0.39, 0.29) is 12.5 Å². The maximum atomic E-state index is 13.5. The van der Waals surface area contributed by atoms with E-state index in [1.54, 1.807) is 0 Å². The number of carbonyl (C=O) groups is 1. The molecule has 0 saturated heterocycles. The van der Waals surface area contributed by atoms with Crippen molar-refractivity contribution in [3.63, 3.8) is 0 Å². The van der Waals surface area contributed by atoms with Crippen LogP contribution >= 0.6 is 0 Å². The fourth-order valence-electron chi connectivity index (χ4n) is 1.29. The van der Waals surface area contributed by atoms with Crippen LogP contribution in [-0.2, 0) is 10.0 Å². The Kier molecular flexibility index (Phi) is 4.59. The number of hydrogen-bond donors (Lipinski definition) is 2. The van der Waals surface area contributed by atoms with Crippen molar-refractivity contribution in [1.29, 1.82) is 0 Å². The quantitative estimate of drug-likeness (QED) is 0.867. The van der Waals surface area contributed by atoms with Gasteiger partial charge in [0.2, 0.25) is 10.0 Å². The molecule has 0 saturated carbocycles. The summed E-state index contributed by atoms with van der Waals surface area (Å²) >= 11 is 0. The summed E-state index contributed by atoms with van der Waals surface area (Å²) in [5.41, 5.74) is -0.690. The molecule has 106 valence electrons. The van der Waals surface area contributed by atoms with Crippen molar-refractivity contribution in [1.82, 2.24) is 5.32 Å². The molecule has 0 bridgehead atoms. The molecule has 3 N–H and O–H groups in total. The van der Waals surface area contributed by atoms with E-state index < -0.39 is 38.0 Å². The van der Waals surface area contributed by atoms with E-state index in [0.29, 0.717) is 12.1 Å². The van der Waals surface area contributed by atoms with E-state index in [0.717, 1.165) is 0 Å². The van der Waals surface area contributed by atoms with Crippen LogP contribution < -0.4 is 10.5 Å². The van der Waals surface area contributed by atoms with Gasteiger partial charge in [0, 0.05) is 6.54 Å².